The Morgan fingerprint density at radius 1 is 1.08 bits per heavy atom. The molecule has 5 nitrogen and oxygen atoms in total. The van der Waals surface area contributed by atoms with E-state index < -0.39 is 5.91 Å². The van der Waals surface area contributed by atoms with E-state index in [9.17, 15) is 9.59 Å². The number of nitrogens with one attached hydrogen (secondary N) is 1. The maximum atomic E-state index is 12.5. The van der Waals surface area contributed by atoms with Gasteiger partial charge in [-0.1, -0.05) is 38.2 Å². The maximum Gasteiger partial charge on any atom is 0.267 e. The van der Waals surface area contributed by atoms with Gasteiger partial charge in [-0.3, -0.25) is 14.8 Å². The van der Waals surface area contributed by atoms with Crippen molar-refractivity contribution in [3.63, 3.8) is 0 Å². The highest BCUT2D eigenvalue weighted by molar-refractivity contribution is 5.99. The third kappa shape index (κ3) is 5.81. The summed E-state index contributed by atoms with van der Waals surface area (Å²) in [5.74, 6) is 0.0794. The van der Waals surface area contributed by atoms with Gasteiger partial charge >= 0.3 is 0 Å². The molecule has 2 rings (SSSR count). The molecule has 0 saturated heterocycles. The number of carbonyl (C=O) groups is 2. The minimum atomic E-state index is -0.610. The molecule has 0 spiro atoms. The Kier molecular flexibility index (Phi) is 7.49. The quantitative estimate of drug-likeness (QED) is 0.489. The molecular weight excluding hydrogens is 306 g/mol. The molecule has 2 N–H and O–H groups in total. The summed E-state index contributed by atoms with van der Waals surface area (Å²) in [7, 11) is 0. The van der Waals surface area contributed by atoms with Gasteiger partial charge in [0.2, 0.25) is 0 Å². The number of hydroxylamine groups is 1. The largest absolute Gasteiger partial charge is 0.493 e. The van der Waals surface area contributed by atoms with Gasteiger partial charge < -0.3 is 4.74 Å². The van der Waals surface area contributed by atoms with Gasteiger partial charge in [0.05, 0.1) is 12.2 Å². The van der Waals surface area contributed by atoms with Gasteiger partial charge in [-0.15, -0.1) is 0 Å². The predicted molar refractivity (Wildman–Crippen MR) is 92.2 cm³/mol. The molecule has 0 saturated carbocycles. The molecular formula is C19H25NO4. The lowest BCUT2D eigenvalue weighted by atomic mass is 10.0. The molecule has 0 atom stereocenters. The average Bonchev–Trinajstić information content (AvgIpc) is 2.62. The number of amides is 1. The number of benzene rings is 1. The van der Waals surface area contributed by atoms with E-state index in [0.29, 0.717) is 24.3 Å². The third-order valence-corrected chi connectivity index (χ3v) is 4.15. The fourth-order valence-corrected chi connectivity index (χ4v) is 2.79. The van der Waals surface area contributed by atoms with Crippen LogP contribution in [-0.2, 0) is 4.79 Å². The molecule has 5 heteroatoms. The van der Waals surface area contributed by atoms with Gasteiger partial charge in [0.15, 0.2) is 5.78 Å². The van der Waals surface area contributed by atoms with E-state index in [2.05, 4.69) is 0 Å². The normalized spacial score (nSPS) is 17.1. The van der Waals surface area contributed by atoms with Crippen molar-refractivity contribution in [2.45, 2.75) is 51.4 Å². The topological polar surface area (TPSA) is 75.6 Å². The van der Waals surface area contributed by atoms with Crippen LogP contribution in [0.1, 0.15) is 67.3 Å². The fraction of sp³-hybridized carbons (Fsp3) is 0.474. The van der Waals surface area contributed by atoms with Crippen molar-refractivity contribution in [1.29, 1.82) is 0 Å². The molecule has 0 radical (unpaired) electrons. The standard InChI is InChI=1S/C19H25NO4/c21-17-8-6-4-2-1-3-5-7-13-24-18-11-9-15(14-16(17)18)10-12-19(22)20-23/h9-12,14,23H,1-8,13H2,(H,20,22). The van der Waals surface area contributed by atoms with Crippen LogP contribution in [0, 0.1) is 0 Å². The number of rotatable bonds is 2. The van der Waals surface area contributed by atoms with E-state index in [4.69, 9.17) is 9.94 Å². The molecule has 0 unspecified atom stereocenters. The Bertz CT molecular complexity index is 595. The molecule has 1 amide bonds. The van der Waals surface area contributed by atoms with Gasteiger partial charge in [0.25, 0.3) is 5.91 Å². The van der Waals surface area contributed by atoms with Gasteiger partial charge in [-0.2, -0.15) is 0 Å². The molecule has 1 heterocycles. The van der Waals surface area contributed by atoms with Crippen LogP contribution in [0.15, 0.2) is 24.3 Å². The molecule has 0 fully saturated rings. The lowest BCUT2D eigenvalue weighted by molar-refractivity contribution is -0.124. The Balaban J connectivity index is 2.19. The highest BCUT2D eigenvalue weighted by atomic mass is 16.5. The number of Topliss-reactive ketones (excluding diaryl/α,β-unsaturated/α-hetero) is 1. The van der Waals surface area contributed by atoms with Gasteiger partial charge in [-0.05, 0) is 36.6 Å². The lowest BCUT2D eigenvalue weighted by Crippen LogP contribution is -2.14. The monoisotopic (exact) mass is 331 g/mol. The number of carbonyl (C=O) groups excluding carboxylic acids is 2. The molecule has 0 bridgehead atoms. The molecule has 130 valence electrons. The molecule has 1 aliphatic heterocycles. The molecule has 24 heavy (non-hydrogen) atoms. The highest BCUT2D eigenvalue weighted by Crippen LogP contribution is 2.24. The SMILES string of the molecule is O=C(C=Cc1ccc2c(c1)C(=O)CCCCCCCCCO2)NO. The predicted octanol–water partition coefficient (Wildman–Crippen LogP) is 3.90. The first-order chi connectivity index (χ1) is 11.7. The van der Waals surface area contributed by atoms with Crippen molar-refractivity contribution in [3.05, 3.63) is 35.4 Å². The fourth-order valence-electron chi connectivity index (χ4n) is 2.79. The number of ether oxygens (including phenoxy) is 1. The second-order valence-corrected chi connectivity index (χ2v) is 6.06. The Hall–Kier alpha value is -2.14. The number of fused-ring (bicyclic) bond motifs is 1. The van der Waals surface area contributed by atoms with E-state index >= 15 is 0 Å². The van der Waals surface area contributed by atoms with Crippen LogP contribution < -0.4 is 10.2 Å². The first kappa shape index (κ1) is 18.2. The summed E-state index contributed by atoms with van der Waals surface area (Å²) in [6, 6.07) is 5.33. The van der Waals surface area contributed by atoms with E-state index in [1.54, 1.807) is 29.8 Å². The first-order valence-electron chi connectivity index (χ1n) is 8.63. The van der Waals surface area contributed by atoms with Gasteiger partial charge in [0, 0.05) is 12.5 Å². The summed E-state index contributed by atoms with van der Waals surface area (Å²) in [6.45, 7) is 0.613. The van der Waals surface area contributed by atoms with Gasteiger partial charge in [0.1, 0.15) is 5.75 Å². The summed E-state index contributed by atoms with van der Waals surface area (Å²) in [5, 5.41) is 8.52. The van der Waals surface area contributed by atoms with Crippen molar-refractivity contribution < 1.29 is 19.5 Å². The molecule has 1 aromatic rings. The molecule has 1 aliphatic rings. The van der Waals surface area contributed by atoms with Crippen LogP contribution >= 0.6 is 0 Å². The van der Waals surface area contributed by atoms with Crippen LogP contribution in [0.5, 0.6) is 5.75 Å². The average molecular weight is 331 g/mol. The van der Waals surface area contributed by atoms with Crippen LogP contribution in [0.2, 0.25) is 0 Å². The number of hydrogen-bond donors (Lipinski definition) is 2. The number of ketones is 1. The van der Waals surface area contributed by atoms with Gasteiger partial charge in [-0.25, -0.2) is 5.48 Å². The van der Waals surface area contributed by atoms with Crippen molar-refractivity contribution in [2.75, 3.05) is 6.61 Å². The minimum absolute atomic E-state index is 0.0751. The zero-order valence-electron chi connectivity index (χ0n) is 13.9. The maximum absolute atomic E-state index is 12.5. The summed E-state index contributed by atoms with van der Waals surface area (Å²) in [6.07, 6.45) is 11.0. The first-order valence-corrected chi connectivity index (χ1v) is 8.63. The third-order valence-electron chi connectivity index (χ3n) is 4.15. The summed E-state index contributed by atoms with van der Waals surface area (Å²) >= 11 is 0. The highest BCUT2D eigenvalue weighted by Gasteiger charge is 2.13. The van der Waals surface area contributed by atoms with Crippen LogP contribution in [0.3, 0.4) is 0 Å². The minimum Gasteiger partial charge on any atom is -0.493 e. The van der Waals surface area contributed by atoms with E-state index in [-0.39, 0.29) is 5.78 Å². The second-order valence-electron chi connectivity index (χ2n) is 6.06. The zero-order valence-corrected chi connectivity index (χ0v) is 13.9. The zero-order chi connectivity index (χ0) is 17.2. The number of hydrogen-bond acceptors (Lipinski definition) is 4. The Morgan fingerprint density at radius 2 is 1.79 bits per heavy atom. The second kappa shape index (κ2) is 9.88. The van der Waals surface area contributed by atoms with Crippen LogP contribution in [0.4, 0.5) is 0 Å². The van der Waals surface area contributed by atoms with Crippen molar-refractivity contribution >= 4 is 17.8 Å². The Labute approximate surface area is 142 Å². The van der Waals surface area contributed by atoms with E-state index in [0.717, 1.165) is 31.2 Å². The summed E-state index contributed by atoms with van der Waals surface area (Å²) in [5.41, 5.74) is 2.83. The van der Waals surface area contributed by atoms with Crippen molar-refractivity contribution in [2.24, 2.45) is 0 Å². The van der Waals surface area contributed by atoms with Crippen molar-refractivity contribution in [1.82, 2.24) is 5.48 Å². The molecule has 1 aromatic carbocycles. The van der Waals surface area contributed by atoms with Crippen LogP contribution in [-0.4, -0.2) is 23.5 Å². The Morgan fingerprint density at radius 3 is 2.54 bits per heavy atom. The van der Waals surface area contributed by atoms with Crippen molar-refractivity contribution in [3.8, 4) is 5.75 Å². The summed E-state index contributed by atoms with van der Waals surface area (Å²) < 4.78 is 5.81. The smallest absolute Gasteiger partial charge is 0.267 e. The lowest BCUT2D eigenvalue weighted by Gasteiger charge is -2.11. The van der Waals surface area contributed by atoms with E-state index in [1.165, 1.54) is 25.3 Å². The van der Waals surface area contributed by atoms with E-state index in [1.807, 2.05) is 0 Å². The summed E-state index contributed by atoms with van der Waals surface area (Å²) in [4.78, 5) is 23.6. The molecule has 0 aliphatic carbocycles. The molecule has 0 aromatic heterocycles. The van der Waals surface area contributed by atoms with Crippen LogP contribution in [0.25, 0.3) is 6.08 Å².